The number of fused-ring (bicyclic) bond motifs is 2. The smallest absolute Gasteiger partial charge is 0.323 e. The average molecular weight is 321 g/mol. The van der Waals surface area contributed by atoms with Crippen molar-refractivity contribution < 1.29 is 13.2 Å². The minimum atomic E-state index is -3.80. The van der Waals surface area contributed by atoms with Gasteiger partial charge in [0, 0.05) is 9.79 Å². The van der Waals surface area contributed by atoms with Gasteiger partial charge in [0.15, 0.2) is 0 Å². The number of primary amides is 1. The molecule has 0 saturated carbocycles. The molecular formula is C13H11N3O3S2. The summed E-state index contributed by atoms with van der Waals surface area (Å²) in [5, 5.41) is 5.14. The number of sulfonamides is 1. The molecule has 0 atom stereocenters. The van der Waals surface area contributed by atoms with Crippen molar-refractivity contribution in [2.75, 3.05) is 4.90 Å². The monoisotopic (exact) mass is 321 g/mol. The van der Waals surface area contributed by atoms with Crippen LogP contribution in [0.3, 0.4) is 0 Å². The molecule has 108 valence electrons. The van der Waals surface area contributed by atoms with Crippen LogP contribution in [0.2, 0.25) is 0 Å². The van der Waals surface area contributed by atoms with Gasteiger partial charge in [-0.05, 0) is 30.3 Å². The predicted octanol–water partition coefficient (Wildman–Crippen LogP) is 2.02. The quantitative estimate of drug-likeness (QED) is 0.837. The number of anilines is 2. The number of hydrogen-bond acceptors (Lipinski definition) is 4. The van der Waals surface area contributed by atoms with Crippen LogP contribution in [0, 0.1) is 0 Å². The van der Waals surface area contributed by atoms with Crippen LogP contribution in [0.4, 0.5) is 16.2 Å². The Hall–Kier alpha value is -2.03. The van der Waals surface area contributed by atoms with E-state index in [1.54, 1.807) is 12.1 Å². The SMILES string of the molecule is NC(=O)N1c2ccccc2Sc2cc(S(N)(=O)=O)ccc21. The van der Waals surface area contributed by atoms with Crippen molar-refractivity contribution in [1.82, 2.24) is 0 Å². The van der Waals surface area contributed by atoms with Gasteiger partial charge in [-0.1, -0.05) is 23.9 Å². The standard InChI is InChI=1S/C13H11N3O3S2/c14-13(17)16-9-3-1-2-4-11(9)20-12-7-8(21(15,18)19)5-6-10(12)16/h1-7H,(H2,14,17)(H2,15,18,19). The zero-order valence-electron chi connectivity index (χ0n) is 10.7. The average Bonchev–Trinajstić information content (AvgIpc) is 2.42. The zero-order chi connectivity index (χ0) is 15.2. The van der Waals surface area contributed by atoms with E-state index in [1.807, 2.05) is 12.1 Å². The molecule has 0 saturated heterocycles. The Balaban J connectivity index is 2.22. The highest BCUT2D eigenvalue weighted by atomic mass is 32.2. The van der Waals surface area contributed by atoms with Crippen LogP contribution in [0.5, 0.6) is 0 Å². The summed E-state index contributed by atoms with van der Waals surface area (Å²) in [5.74, 6) is 0. The van der Waals surface area contributed by atoms with E-state index in [1.165, 1.54) is 34.9 Å². The first-order valence-corrected chi connectivity index (χ1v) is 8.27. The molecule has 1 aliphatic heterocycles. The van der Waals surface area contributed by atoms with Gasteiger partial charge in [0.2, 0.25) is 10.0 Å². The second-order valence-electron chi connectivity index (χ2n) is 4.42. The Morgan fingerprint density at radius 2 is 1.71 bits per heavy atom. The van der Waals surface area contributed by atoms with E-state index in [0.717, 1.165) is 4.90 Å². The van der Waals surface area contributed by atoms with Gasteiger partial charge in [0.1, 0.15) is 0 Å². The first-order chi connectivity index (χ1) is 9.88. The molecular weight excluding hydrogens is 310 g/mol. The number of rotatable bonds is 1. The van der Waals surface area contributed by atoms with Crippen LogP contribution in [-0.2, 0) is 10.0 Å². The number of nitrogens with two attached hydrogens (primary N) is 2. The van der Waals surface area contributed by atoms with Crippen molar-refractivity contribution in [3.8, 4) is 0 Å². The van der Waals surface area contributed by atoms with Gasteiger partial charge in [-0.3, -0.25) is 4.90 Å². The normalized spacial score (nSPS) is 13.5. The van der Waals surface area contributed by atoms with E-state index in [4.69, 9.17) is 10.9 Å². The second-order valence-corrected chi connectivity index (χ2v) is 7.06. The van der Waals surface area contributed by atoms with Crippen molar-refractivity contribution in [2.24, 2.45) is 10.9 Å². The van der Waals surface area contributed by atoms with Crippen LogP contribution >= 0.6 is 11.8 Å². The first kappa shape index (κ1) is 13.9. The largest absolute Gasteiger partial charge is 0.351 e. The van der Waals surface area contributed by atoms with E-state index in [0.29, 0.717) is 16.3 Å². The molecule has 8 heteroatoms. The number of para-hydroxylation sites is 1. The lowest BCUT2D eigenvalue weighted by atomic mass is 10.2. The van der Waals surface area contributed by atoms with Crippen LogP contribution in [0.1, 0.15) is 0 Å². The van der Waals surface area contributed by atoms with Gasteiger partial charge in [-0.15, -0.1) is 0 Å². The molecule has 21 heavy (non-hydrogen) atoms. The van der Waals surface area contributed by atoms with Crippen molar-refractivity contribution in [3.63, 3.8) is 0 Å². The van der Waals surface area contributed by atoms with Crippen molar-refractivity contribution in [3.05, 3.63) is 42.5 Å². The number of carbonyl (C=O) groups is 1. The van der Waals surface area contributed by atoms with Crippen LogP contribution in [0.15, 0.2) is 57.2 Å². The molecule has 3 rings (SSSR count). The number of primary sulfonamides is 1. The number of amides is 2. The Kier molecular flexibility index (Phi) is 3.16. The molecule has 0 spiro atoms. The molecule has 0 bridgehead atoms. The minimum absolute atomic E-state index is 0.00227. The summed E-state index contributed by atoms with van der Waals surface area (Å²) in [6, 6.07) is 11.0. The molecule has 0 unspecified atom stereocenters. The number of urea groups is 1. The highest BCUT2D eigenvalue weighted by molar-refractivity contribution is 7.99. The number of carbonyl (C=O) groups excluding carboxylic acids is 1. The molecule has 2 aromatic rings. The lowest BCUT2D eigenvalue weighted by molar-refractivity contribution is 0.256. The molecule has 1 aliphatic rings. The number of nitrogens with zero attached hydrogens (tertiary/aromatic N) is 1. The summed E-state index contributed by atoms with van der Waals surface area (Å²) < 4.78 is 22.9. The molecule has 1 heterocycles. The molecule has 6 nitrogen and oxygen atoms in total. The maximum atomic E-state index is 11.8. The van der Waals surface area contributed by atoms with Crippen LogP contribution < -0.4 is 15.8 Å². The second kappa shape index (κ2) is 4.76. The van der Waals surface area contributed by atoms with Crippen molar-refractivity contribution >= 4 is 39.2 Å². The molecule has 0 aromatic heterocycles. The van der Waals surface area contributed by atoms with E-state index in [-0.39, 0.29) is 4.90 Å². The molecule has 2 amide bonds. The van der Waals surface area contributed by atoms with Gasteiger partial charge in [-0.25, -0.2) is 18.4 Å². The third kappa shape index (κ3) is 2.37. The molecule has 2 aromatic carbocycles. The Bertz CT molecular complexity index is 849. The Morgan fingerprint density at radius 1 is 1.05 bits per heavy atom. The summed E-state index contributed by atoms with van der Waals surface area (Å²) >= 11 is 1.36. The molecule has 0 aliphatic carbocycles. The summed E-state index contributed by atoms with van der Waals surface area (Å²) in [6.07, 6.45) is 0. The molecule has 0 radical (unpaired) electrons. The highest BCUT2D eigenvalue weighted by Gasteiger charge is 2.27. The van der Waals surface area contributed by atoms with Gasteiger partial charge in [0.25, 0.3) is 0 Å². The van der Waals surface area contributed by atoms with E-state index in [9.17, 15) is 13.2 Å². The Morgan fingerprint density at radius 3 is 2.38 bits per heavy atom. The summed E-state index contributed by atoms with van der Waals surface area (Å²) in [7, 11) is -3.80. The van der Waals surface area contributed by atoms with E-state index >= 15 is 0 Å². The fourth-order valence-electron chi connectivity index (χ4n) is 2.15. The van der Waals surface area contributed by atoms with Gasteiger partial charge in [-0.2, -0.15) is 0 Å². The van der Waals surface area contributed by atoms with Crippen molar-refractivity contribution in [2.45, 2.75) is 14.7 Å². The van der Waals surface area contributed by atoms with Crippen LogP contribution in [0.25, 0.3) is 0 Å². The molecule has 4 N–H and O–H groups in total. The van der Waals surface area contributed by atoms with Gasteiger partial charge < -0.3 is 5.73 Å². The van der Waals surface area contributed by atoms with E-state index in [2.05, 4.69) is 0 Å². The maximum Gasteiger partial charge on any atom is 0.323 e. The third-order valence-electron chi connectivity index (χ3n) is 3.05. The van der Waals surface area contributed by atoms with E-state index < -0.39 is 16.1 Å². The number of hydrogen-bond donors (Lipinski definition) is 2. The summed E-state index contributed by atoms with van der Waals surface area (Å²) in [5.41, 5.74) is 6.67. The zero-order valence-corrected chi connectivity index (χ0v) is 12.3. The topological polar surface area (TPSA) is 106 Å². The number of benzene rings is 2. The Labute approximate surface area is 125 Å². The van der Waals surface area contributed by atoms with Gasteiger partial charge in [0.05, 0.1) is 16.3 Å². The maximum absolute atomic E-state index is 11.8. The molecule has 0 fully saturated rings. The van der Waals surface area contributed by atoms with Crippen molar-refractivity contribution in [1.29, 1.82) is 0 Å². The van der Waals surface area contributed by atoms with Crippen LogP contribution in [-0.4, -0.2) is 14.4 Å². The fourth-order valence-corrected chi connectivity index (χ4v) is 3.86. The first-order valence-electron chi connectivity index (χ1n) is 5.91. The third-order valence-corrected chi connectivity index (χ3v) is 5.07. The highest BCUT2D eigenvalue weighted by Crippen LogP contribution is 2.48. The summed E-state index contributed by atoms with van der Waals surface area (Å²) in [4.78, 5) is 14.5. The predicted molar refractivity (Wildman–Crippen MR) is 80.1 cm³/mol. The summed E-state index contributed by atoms with van der Waals surface area (Å²) in [6.45, 7) is 0. The van der Waals surface area contributed by atoms with Gasteiger partial charge >= 0.3 is 6.03 Å². The lowest BCUT2D eigenvalue weighted by Crippen LogP contribution is -2.33. The fraction of sp³-hybridized carbons (Fsp3) is 0. The lowest BCUT2D eigenvalue weighted by Gasteiger charge is -2.29. The minimum Gasteiger partial charge on any atom is -0.351 e.